The van der Waals surface area contributed by atoms with E-state index in [0.717, 1.165) is 31.6 Å². The third-order valence-electron chi connectivity index (χ3n) is 4.92. The molecule has 3 aliphatic carbocycles. The third-order valence-corrected chi connectivity index (χ3v) is 4.92. The average molecular weight is 218 g/mol. The first-order valence-electron chi connectivity index (χ1n) is 5.46. The van der Waals surface area contributed by atoms with Crippen molar-refractivity contribution in [2.75, 3.05) is 0 Å². The Kier molecular flexibility index (Phi) is 3.18. The van der Waals surface area contributed by atoms with E-state index in [-0.39, 0.29) is 56.8 Å². The minimum Gasteiger partial charge on any atom is -0.550 e. The minimum absolute atomic E-state index is 0. The Morgan fingerprint density at radius 3 is 2.71 bits per heavy atom. The maximum atomic E-state index is 11.3. The summed E-state index contributed by atoms with van der Waals surface area (Å²) in [5.74, 6) is 0.943. The summed E-state index contributed by atoms with van der Waals surface area (Å²) in [5, 5.41) is 11.3. The van der Waals surface area contributed by atoms with Crippen LogP contribution in [-0.2, 0) is 4.79 Å². The molecule has 14 heavy (non-hydrogen) atoms. The van der Waals surface area contributed by atoms with Crippen LogP contribution < -0.4 is 56.5 Å². The number of hydrogen-bond donors (Lipinski definition) is 0. The van der Waals surface area contributed by atoms with Crippen LogP contribution in [0, 0.1) is 23.2 Å². The fourth-order valence-electron chi connectivity index (χ4n) is 4.49. The summed E-state index contributed by atoms with van der Waals surface area (Å²) in [6.45, 7) is 0. The van der Waals surface area contributed by atoms with E-state index >= 15 is 0 Å². The van der Waals surface area contributed by atoms with Gasteiger partial charge < -0.3 is 9.90 Å². The second kappa shape index (κ2) is 3.84. The van der Waals surface area contributed by atoms with Crippen molar-refractivity contribution in [3.63, 3.8) is 0 Å². The first kappa shape index (κ1) is 11.6. The van der Waals surface area contributed by atoms with E-state index in [9.17, 15) is 9.90 Å². The van der Waals surface area contributed by atoms with E-state index in [2.05, 4.69) is 0 Å². The van der Waals surface area contributed by atoms with E-state index in [1.54, 1.807) is 0 Å². The predicted octanol–water partition coefficient (Wildman–Crippen LogP) is -2.04. The molecule has 72 valence electrons. The molecule has 0 aromatic carbocycles. The van der Waals surface area contributed by atoms with Crippen molar-refractivity contribution in [3.05, 3.63) is 0 Å². The zero-order chi connectivity index (χ0) is 9.05. The van der Waals surface area contributed by atoms with Crippen molar-refractivity contribution >= 4 is 5.97 Å². The van der Waals surface area contributed by atoms with Crippen LogP contribution in [0.4, 0.5) is 0 Å². The molecule has 0 saturated heterocycles. The van der Waals surface area contributed by atoms with Crippen LogP contribution in [0.1, 0.15) is 38.5 Å². The molecule has 4 atom stereocenters. The monoisotopic (exact) mass is 218 g/mol. The molecule has 3 aliphatic rings. The second-order valence-electron chi connectivity index (χ2n) is 5.10. The zero-order valence-electron chi connectivity index (χ0n) is 8.79. The Balaban J connectivity index is 0.000000750. The molecule has 0 aromatic rings. The Bertz CT molecular complexity index is 266. The molecule has 3 heteroatoms. The Hall–Kier alpha value is 1.11. The topological polar surface area (TPSA) is 40.1 Å². The summed E-state index contributed by atoms with van der Waals surface area (Å²) in [5.41, 5.74) is -0.372. The molecule has 0 N–H and O–H groups in total. The Morgan fingerprint density at radius 1 is 1.29 bits per heavy atom. The molecule has 3 saturated carbocycles. The first-order chi connectivity index (χ1) is 6.25. The zero-order valence-corrected chi connectivity index (χ0v) is 11.9. The predicted molar refractivity (Wildman–Crippen MR) is 45.6 cm³/mol. The Morgan fingerprint density at radius 2 is 2.07 bits per heavy atom. The van der Waals surface area contributed by atoms with Gasteiger partial charge in [-0.25, -0.2) is 0 Å². The first-order valence-corrected chi connectivity index (χ1v) is 5.46. The van der Waals surface area contributed by atoms with Crippen LogP contribution in [0.2, 0.25) is 0 Å². The smallest absolute Gasteiger partial charge is 0.550 e. The molecule has 3 rings (SSSR count). The van der Waals surface area contributed by atoms with Crippen LogP contribution in [-0.4, -0.2) is 5.97 Å². The number of rotatable bonds is 1. The Labute approximate surface area is 127 Å². The molecule has 0 amide bonds. The van der Waals surface area contributed by atoms with Crippen molar-refractivity contribution in [2.24, 2.45) is 23.2 Å². The van der Waals surface area contributed by atoms with Gasteiger partial charge in [0.2, 0.25) is 0 Å². The van der Waals surface area contributed by atoms with Crippen molar-refractivity contribution in [2.45, 2.75) is 38.5 Å². The molecule has 0 aromatic heterocycles. The normalized spacial score (nSPS) is 48.7. The number of aliphatic carboxylic acids is 1. The summed E-state index contributed by atoms with van der Waals surface area (Å²) >= 11 is 0. The number of carbonyl (C=O) groups excluding carboxylic acids is 1. The molecular weight excluding hydrogens is 203 g/mol. The maximum Gasteiger partial charge on any atom is 1.00 e. The number of carboxylic acid groups (broad SMARTS) is 1. The molecule has 0 heterocycles. The molecule has 0 aliphatic heterocycles. The van der Waals surface area contributed by atoms with Crippen molar-refractivity contribution < 1.29 is 61.3 Å². The van der Waals surface area contributed by atoms with Crippen LogP contribution in [0.25, 0.3) is 0 Å². The van der Waals surface area contributed by atoms with Gasteiger partial charge in [-0.3, -0.25) is 0 Å². The number of carboxylic acids is 1. The molecule has 0 spiro atoms. The van der Waals surface area contributed by atoms with Crippen LogP contribution in [0.15, 0.2) is 0 Å². The van der Waals surface area contributed by atoms with E-state index in [4.69, 9.17) is 0 Å². The van der Waals surface area contributed by atoms with Gasteiger partial charge in [-0.2, -0.15) is 0 Å². The van der Waals surface area contributed by atoms with E-state index < -0.39 is 5.97 Å². The maximum absolute atomic E-state index is 11.3. The summed E-state index contributed by atoms with van der Waals surface area (Å²) in [4.78, 5) is 11.3. The van der Waals surface area contributed by atoms with E-state index in [1.807, 2.05) is 0 Å². The number of carbonyl (C=O) groups is 1. The standard InChI is InChI=1S/C11H16O2.K/c12-10(13)11-5-1-2-9(11)7-3-4-8(11)6-7;/h7-9H,1-6H2,(H,12,13);/q;+1/p-1. The van der Waals surface area contributed by atoms with Gasteiger partial charge in [-0.15, -0.1) is 0 Å². The molecule has 2 nitrogen and oxygen atoms in total. The fraction of sp³-hybridized carbons (Fsp3) is 0.909. The summed E-state index contributed by atoms with van der Waals surface area (Å²) in [6, 6.07) is 0. The van der Waals surface area contributed by atoms with Gasteiger partial charge in [0.25, 0.3) is 0 Å². The van der Waals surface area contributed by atoms with Gasteiger partial charge in [-0.1, -0.05) is 6.42 Å². The van der Waals surface area contributed by atoms with Crippen LogP contribution in [0.3, 0.4) is 0 Å². The summed E-state index contributed by atoms with van der Waals surface area (Å²) < 4.78 is 0. The van der Waals surface area contributed by atoms with Gasteiger partial charge in [0, 0.05) is 11.4 Å². The molecule has 0 radical (unpaired) electrons. The summed E-state index contributed by atoms with van der Waals surface area (Å²) in [7, 11) is 0. The second-order valence-corrected chi connectivity index (χ2v) is 5.10. The van der Waals surface area contributed by atoms with Crippen molar-refractivity contribution in [1.82, 2.24) is 0 Å². The minimum atomic E-state index is -0.734. The van der Waals surface area contributed by atoms with Gasteiger partial charge in [0.15, 0.2) is 0 Å². The molecular formula is C11H15KO2. The van der Waals surface area contributed by atoms with Crippen molar-refractivity contribution in [3.8, 4) is 0 Å². The third kappa shape index (κ3) is 1.26. The van der Waals surface area contributed by atoms with Crippen molar-refractivity contribution in [1.29, 1.82) is 0 Å². The molecule has 2 bridgehead atoms. The molecule has 3 fully saturated rings. The van der Waals surface area contributed by atoms with Crippen LogP contribution in [0.5, 0.6) is 0 Å². The quantitative estimate of drug-likeness (QED) is 0.476. The average Bonchev–Trinajstić information content (AvgIpc) is 2.76. The fourth-order valence-corrected chi connectivity index (χ4v) is 4.49. The van der Waals surface area contributed by atoms with Crippen LogP contribution >= 0.6 is 0 Å². The number of hydrogen-bond acceptors (Lipinski definition) is 2. The summed E-state index contributed by atoms with van der Waals surface area (Å²) in [6.07, 6.45) is 6.78. The van der Waals surface area contributed by atoms with Gasteiger partial charge >= 0.3 is 51.4 Å². The number of fused-ring (bicyclic) bond motifs is 5. The van der Waals surface area contributed by atoms with E-state index in [0.29, 0.717) is 11.8 Å². The van der Waals surface area contributed by atoms with E-state index in [1.165, 1.54) is 12.8 Å². The SMILES string of the molecule is O=C([O-])C12CCCC1C1CCC2C1.[K+]. The van der Waals surface area contributed by atoms with Gasteiger partial charge in [-0.05, 0) is 49.9 Å². The molecule has 4 unspecified atom stereocenters. The largest absolute Gasteiger partial charge is 1.00 e. The van der Waals surface area contributed by atoms with Gasteiger partial charge in [0.05, 0.1) is 0 Å². The van der Waals surface area contributed by atoms with Gasteiger partial charge in [0.1, 0.15) is 0 Å².